The van der Waals surface area contributed by atoms with E-state index < -0.39 is 67.3 Å². The first-order valence-corrected chi connectivity index (χ1v) is 27.6. The number of nitrogen functional groups attached to an aromatic ring is 1. The minimum Gasteiger partial charge on any atom is -0.506 e. The zero-order valence-corrected chi connectivity index (χ0v) is 51.4. The Labute approximate surface area is 539 Å². The number of carboxylic acids is 3. The lowest BCUT2D eigenvalue weighted by molar-refractivity contribution is -0.386. The van der Waals surface area contributed by atoms with E-state index in [2.05, 4.69) is 36.1 Å². The lowest BCUT2D eigenvalue weighted by Gasteiger charge is -2.37. The van der Waals surface area contributed by atoms with Crippen LogP contribution in [0.5, 0.6) is 28.7 Å². The van der Waals surface area contributed by atoms with Gasteiger partial charge >= 0.3 is 40.9 Å². The summed E-state index contributed by atoms with van der Waals surface area (Å²) in [6.45, 7) is 16.5. The van der Waals surface area contributed by atoms with Crippen LogP contribution in [0.4, 0.5) is 34.1 Å². The van der Waals surface area contributed by atoms with Gasteiger partial charge in [-0.3, -0.25) is 45.0 Å². The molecule has 1 heterocycles. The van der Waals surface area contributed by atoms with Crippen LogP contribution in [0, 0.1) is 48.6 Å². The highest BCUT2D eigenvalue weighted by Gasteiger charge is 2.32. The van der Waals surface area contributed by atoms with Crippen LogP contribution < -0.4 is 11.3 Å². The molecule has 0 amide bonds. The van der Waals surface area contributed by atoms with Crippen molar-refractivity contribution in [2.45, 2.75) is 109 Å². The third-order valence-corrected chi connectivity index (χ3v) is 13.5. The van der Waals surface area contributed by atoms with Crippen LogP contribution in [0.15, 0.2) is 128 Å². The first-order chi connectivity index (χ1) is 43.0. The number of phenols is 5. The second kappa shape index (κ2) is 36.8. The van der Waals surface area contributed by atoms with Crippen LogP contribution >= 0.6 is 0 Å². The Kier molecular flexibility index (Phi) is 31.4. The van der Waals surface area contributed by atoms with Gasteiger partial charge in [0.2, 0.25) is 0 Å². The number of carboxylic acid groups (broad SMARTS) is 3. The van der Waals surface area contributed by atoms with E-state index in [9.17, 15) is 79.5 Å². The number of carbonyl (C=O) groups excluding carboxylic acids is 2. The minimum atomic E-state index is -1.09. The zero-order valence-electron chi connectivity index (χ0n) is 51.4. The summed E-state index contributed by atoms with van der Waals surface area (Å²) in [5.41, 5.74) is 8.63. The maximum Gasteiger partial charge on any atom is 0.333 e. The molecule has 29 heteroatoms. The number of esters is 1. The number of H-pyrrole nitrogens is 1. The number of aromatic amines is 1. The number of nitrogens with zero attached hydrogens (tertiary/aromatic N) is 6. The largest absolute Gasteiger partial charge is 0.506 e. The van der Waals surface area contributed by atoms with Gasteiger partial charge in [-0.2, -0.15) is 0 Å². The Bertz CT molecular complexity index is 3960. The average molecular weight is 1310 g/mol. The number of carbonyl (C=O) groups is 5. The molecule has 94 heavy (non-hydrogen) atoms. The summed E-state index contributed by atoms with van der Waals surface area (Å²) < 4.78 is 6.46. The van der Waals surface area contributed by atoms with Crippen LogP contribution in [0.2, 0.25) is 0 Å². The number of aldehydes is 1. The number of aromatic hydroxyl groups is 5. The number of aryl methyl sites for hydroxylation is 1. The highest BCUT2D eigenvalue weighted by molar-refractivity contribution is 5.94. The maximum atomic E-state index is 13.0. The minimum absolute atomic E-state index is 0. The van der Waals surface area contributed by atoms with Crippen LogP contribution in [-0.4, -0.2) is 102 Å². The van der Waals surface area contributed by atoms with E-state index in [4.69, 9.17) is 30.9 Å². The van der Waals surface area contributed by atoms with E-state index in [0.29, 0.717) is 45.7 Å². The number of hydrogen-bond acceptors (Lipinski definition) is 21. The quantitative estimate of drug-likeness (QED) is 0.00629. The fourth-order valence-electron chi connectivity index (χ4n) is 8.43. The number of ether oxygens (including phenoxy) is 1. The normalized spacial score (nSPS) is 13.8. The first kappa shape index (κ1) is 80.2. The molecule has 504 valence electrons. The van der Waals surface area contributed by atoms with Gasteiger partial charge in [-0.1, -0.05) is 47.8 Å². The van der Waals surface area contributed by atoms with Crippen molar-refractivity contribution in [2.24, 2.45) is 21.6 Å². The summed E-state index contributed by atoms with van der Waals surface area (Å²) in [5.74, 6) is -4.52. The van der Waals surface area contributed by atoms with Crippen LogP contribution in [0.1, 0.15) is 140 Å². The highest BCUT2D eigenvalue weighted by atomic mass is 16.6. The number of phenolic OH excluding ortho intramolecular Hbond substituents is 5. The molecule has 0 spiro atoms. The Morgan fingerprint density at radius 2 is 0.957 bits per heavy atom. The number of azo groups is 1. The van der Waals surface area contributed by atoms with Gasteiger partial charge in [0.1, 0.15) is 23.5 Å². The van der Waals surface area contributed by atoms with Gasteiger partial charge in [-0.15, -0.1) is 10.2 Å². The van der Waals surface area contributed by atoms with Gasteiger partial charge in [-0.05, 0) is 186 Å². The number of nitro groups is 3. The van der Waals surface area contributed by atoms with E-state index in [-0.39, 0.29) is 95.0 Å². The summed E-state index contributed by atoms with van der Waals surface area (Å²) in [6.07, 6.45) is 10.3. The molecule has 6 aromatic rings. The van der Waals surface area contributed by atoms with E-state index in [1.54, 1.807) is 37.6 Å². The number of hydrogen-bond donors (Lipinski definition) is 10. The number of rotatable bonds is 16. The van der Waals surface area contributed by atoms with E-state index in [1.807, 2.05) is 0 Å². The lowest BCUT2D eigenvalue weighted by Crippen LogP contribution is -2.30. The molecular weight excluding hydrogens is 1230 g/mol. The van der Waals surface area contributed by atoms with Gasteiger partial charge in [0.15, 0.2) is 22.9 Å². The molecule has 0 bridgehead atoms. The Balaban J connectivity index is 0.000000616. The molecule has 1 fully saturated rings. The number of benzene rings is 5. The van der Waals surface area contributed by atoms with Crippen LogP contribution in [-0.2, 0) is 23.9 Å². The summed E-state index contributed by atoms with van der Waals surface area (Å²) in [4.78, 5) is 95.4. The molecular formula is C65H78N8O21. The maximum absolute atomic E-state index is 13.0. The molecule has 7 rings (SSSR count). The van der Waals surface area contributed by atoms with Gasteiger partial charge < -0.3 is 51.3 Å². The molecule has 29 nitrogen and oxygen atoms in total. The summed E-state index contributed by atoms with van der Waals surface area (Å²) in [5, 5.41) is 116. The summed E-state index contributed by atoms with van der Waals surface area (Å²) in [6, 6.07) is 20.2. The van der Waals surface area contributed by atoms with Crippen molar-refractivity contribution in [3.8, 4) is 28.7 Å². The summed E-state index contributed by atoms with van der Waals surface area (Å²) >= 11 is 0. The van der Waals surface area contributed by atoms with Crippen molar-refractivity contribution >= 4 is 88.6 Å². The molecule has 1 aliphatic rings. The van der Waals surface area contributed by atoms with Crippen molar-refractivity contribution in [3.05, 3.63) is 187 Å². The standard InChI is InChI=1S/C24H32N4O4.C12H13NO5.C10H9NO5.C10H11NO3.C7H5NO4.2CH4/c1-14(23(31)32)12-16-6-11-19(20(29)13-16)25-26-21-15(2)27-28(22(21)30)18-9-7-17(8-10-18)24(3,4)5;1-3-18-12(15)8(2)6-9-4-5-10(13(16)17)11(14)7-9;1-6(10(13)14)4-7-2-3-8(11(15)16)9(12)5-7;1-6(10(13)14)4-7-2-3-8(11)9(12)5-7;9-4-5-1-2-6(8(11)12)7(10)3-5;;/h6,11-13,17-18,27,29H,7-10H2,1-5H3,(H,31,32);4-7,14H,3H2,1-2H3;2-5,12H,1H3,(H,13,14);2-5,12H,11H2,1H3,(H,13,14);1-4,10H;2*1H4/b14-12+,26-25?;8-6+;2*6-4+;;;. The third kappa shape index (κ3) is 24.5. The van der Waals surface area contributed by atoms with Crippen molar-refractivity contribution in [2.75, 3.05) is 12.3 Å². The molecule has 5 aromatic carbocycles. The molecule has 1 aliphatic carbocycles. The molecule has 1 saturated carbocycles. The molecule has 11 N–H and O–H groups in total. The van der Waals surface area contributed by atoms with Gasteiger partial charge in [0, 0.05) is 46.1 Å². The number of nitrogens with one attached hydrogen (secondary N) is 1. The lowest BCUT2D eigenvalue weighted by atomic mass is 9.71. The third-order valence-electron chi connectivity index (χ3n) is 13.5. The Hall–Kier alpha value is -11.8. The second-order valence-corrected chi connectivity index (χ2v) is 21.5. The molecule has 0 radical (unpaired) electrons. The molecule has 0 saturated heterocycles. The van der Waals surface area contributed by atoms with Gasteiger partial charge in [0.05, 0.1) is 38.8 Å². The zero-order chi connectivity index (χ0) is 69.5. The first-order valence-electron chi connectivity index (χ1n) is 27.6. The van der Waals surface area contributed by atoms with Crippen LogP contribution in [0.3, 0.4) is 0 Å². The van der Waals surface area contributed by atoms with Gasteiger partial charge in [0.25, 0.3) is 5.56 Å². The Morgan fingerprint density at radius 1 is 0.596 bits per heavy atom. The second-order valence-electron chi connectivity index (χ2n) is 21.5. The number of anilines is 1. The molecule has 0 atom stereocenters. The number of aromatic nitrogens is 2. The molecule has 1 aromatic heterocycles. The predicted octanol–water partition coefficient (Wildman–Crippen LogP) is 13.8. The van der Waals surface area contributed by atoms with Crippen molar-refractivity contribution < 1.29 is 84.3 Å². The van der Waals surface area contributed by atoms with Crippen molar-refractivity contribution in [1.29, 1.82) is 0 Å². The van der Waals surface area contributed by atoms with Gasteiger partial charge in [-0.25, -0.2) is 23.9 Å². The number of nitro benzene ring substituents is 3. The van der Waals surface area contributed by atoms with E-state index in [1.165, 1.54) is 99.7 Å². The molecule has 0 aliphatic heterocycles. The fourth-order valence-corrected chi connectivity index (χ4v) is 8.43. The topological polar surface area (TPSA) is 474 Å². The SMILES string of the molecule is C.C.C/C(=C\c1ccc(N)c(O)c1)C(=O)O.C/C(=C\c1ccc(N=Nc2c(C)[nH]n(C3CCC(C(C)(C)C)CC3)c2=O)c(O)c1)C(=O)O.C/C(=C\c1ccc([N+](=O)[O-])c(O)c1)C(=O)O.CCOC(=O)/C(C)=C/c1ccc([N+](=O)[O-])c(O)c1.O=Cc1ccc([N+](=O)[O-])c(O)c1. The fraction of sp³-hybridized carbons (Fsp3) is 0.292. The number of aliphatic carboxylic acids is 3. The van der Waals surface area contributed by atoms with E-state index >= 15 is 0 Å². The highest BCUT2D eigenvalue weighted by Crippen LogP contribution is 2.41. The monoisotopic (exact) mass is 1310 g/mol. The van der Waals surface area contributed by atoms with Crippen molar-refractivity contribution in [1.82, 2.24) is 9.78 Å². The average Bonchev–Trinajstić information content (AvgIpc) is 1.65. The summed E-state index contributed by atoms with van der Waals surface area (Å²) in [7, 11) is 0. The predicted molar refractivity (Wildman–Crippen MR) is 352 cm³/mol. The Morgan fingerprint density at radius 3 is 1.31 bits per heavy atom. The van der Waals surface area contributed by atoms with E-state index in [0.717, 1.165) is 49.9 Å². The van der Waals surface area contributed by atoms with Crippen molar-refractivity contribution in [3.63, 3.8) is 0 Å². The van der Waals surface area contributed by atoms with Crippen LogP contribution in [0.25, 0.3) is 24.3 Å². The molecule has 0 unspecified atom stereocenters. The smallest absolute Gasteiger partial charge is 0.333 e. The number of nitrogens with two attached hydrogens (primary N) is 1.